The largest absolute Gasteiger partial charge is 0.385 e. The Bertz CT molecular complexity index is 439. The summed E-state index contributed by atoms with van der Waals surface area (Å²) in [5.74, 6) is 0.518. The second-order valence-electron chi connectivity index (χ2n) is 5.21. The SMILES string of the molecule is C=CCCCCCC(=O)C1CCNc2ccccc21. The molecule has 0 spiro atoms. The van der Waals surface area contributed by atoms with Crippen molar-refractivity contribution in [1.29, 1.82) is 0 Å². The molecule has 1 atom stereocenters. The summed E-state index contributed by atoms with van der Waals surface area (Å²) in [7, 11) is 0. The number of unbranched alkanes of at least 4 members (excludes halogenated alkanes) is 3. The second kappa shape index (κ2) is 7.13. The first-order valence-electron chi connectivity index (χ1n) is 7.29. The van der Waals surface area contributed by atoms with Crippen LogP contribution in [0.2, 0.25) is 0 Å². The molecule has 1 N–H and O–H groups in total. The van der Waals surface area contributed by atoms with Crippen LogP contribution in [-0.4, -0.2) is 12.3 Å². The Morgan fingerprint density at radius 3 is 3.00 bits per heavy atom. The van der Waals surface area contributed by atoms with Crippen molar-refractivity contribution in [1.82, 2.24) is 0 Å². The molecule has 2 rings (SSSR count). The fourth-order valence-corrected chi connectivity index (χ4v) is 2.74. The number of carbonyl (C=O) groups is 1. The zero-order valence-electron chi connectivity index (χ0n) is 11.5. The van der Waals surface area contributed by atoms with Gasteiger partial charge in [0.1, 0.15) is 5.78 Å². The van der Waals surface area contributed by atoms with Gasteiger partial charge in [0.25, 0.3) is 0 Å². The molecular weight excluding hydrogens is 234 g/mol. The molecule has 0 aromatic heterocycles. The number of carbonyl (C=O) groups excluding carboxylic acids is 1. The molecule has 19 heavy (non-hydrogen) atoms. The van der Waals surface area contributed by atoms with Gasteiger partial charge in [-0.3, -0.25) is 4.79 Å². The Labute approximate surface area is 115 Å². The summed E-state index contributed by atoms with van der Waals surface area (Å²) in [6.07, 6.45) is 7.95. The highest BCUT2D eigenvalue weighted by molar-refractivity contribution is 5.88. The third kappa shape index (κ3) is 3.69. The first kappa shape index (κ1) is 13.9. The molecule has 0 radical (unpaired) electrons. The van der Waals surface area contributed by atoms with Gasteiger partial charge in [-0.1, -0.05) is 30.7 Å². The van der Waals surface area contributed by atoms with E-state index in [2.05, 4.69) is 24.0 Å². The standard InChI is InChI=1S/C17H23NO/c1-2-3-4-5-6-11-17(19)15-12-13-18-16-10-8-7-9-14(15)16/h2,7-10,15,18H,1,3-6,11-13H2. The van der Waals surface area contributed by atoms with Gasteiger partial charge in [-0.2, -0.15) is 0 Å². The number of nitrogens with one attached hydrogen (secondary N) is 1. The lowest BCUT2D eigenvalue weighted by atomic mass is 9.85. The topological polar surface area (TPSA) is 29.1 Å². The Morgan fingerprint density at radius 2 is 2.16 bits per heavy atom. The molecule has 1 aliphatic rings. The predicted molar refractivity (Wildman–Crippen MR) is 80.6 cm³/mol. The highest BCUT2D eigenvalue weighted by Gasteiger charge is 2.25. The van der Waals surface area contributed by atoms with Gasteiger partial charge >= 0.3 is 0 Å². The molecule has 1 aliphatic heterocycles. The number of Topliss-reactive ketones (excluding diaryl/α,β-unsaturated/α-hetero) is 1. The Hall–Kier alpha value is -1.57. The summed E-state index contributed by atoms with van der Waals surface area (Å²) in [5.41, 5.74) is 2.32. The Kier molecular flexibility index (Phi) is 5.20. The predicted octanol–water partition coefficient (Wildman–Crippen LogP) is 4.29. The van der Waals surface area contributed by atoms with Gasteiger partial charge in [-0.25, -0.2) is 0 Å². The normalized spacial score (nSPS) is 17.4. The molecule has 0 aliphatic carbocycles. The highest BCUT2D eigenvalue weighted by Crippen LogP contribution is 2.32. The maximum absolute atomic E-state index is 12.3. The highest BCUT2D eigenvalue weighted by atomic mass is 16.1. The lowest BCUT2D eigenvalue weighted by Crippen LogP contribution is -2.22. The van der Waals surface area contributed by atoms with Crippen LogP contribution in [0.15, 0.2) is 36.9 Å². The van der Waals surface area contributed by atoms with Crippen molar-refractivity contribution in [3.63, 3.8) is 0 Å². The maximum Gasteiger partial charge on any atom is 0.140 e. The van der Waals surface area contributed by atoms with E-state index in [-0.39, 0.29) is 5.92 Å². The van der Waals surface area contributed by atoms with Crippen LogP contribution in [0.1, 0.15) is 50.0 Å². The van der Waals surface area contributed by atoms with Crippen LogP contribution in [0.25, 0.3) is 0 Å². The van der Waals surface area contributed by atoms with Crippen molar-refractivity contribution in [3.8, 4) is 0 Å². The summed E-state index contributed by atoms with van der Waals surface area (Å²) < 4.78 is 0. The lowest BCUT2D eigenvalue weighted by molar-refractivity contribution is -0.120. The van der Waals surface area contributed by atoms with Crippen LogP contribution in [0.3, 0.4) is 0 Å². The van der Waals surface area contributed by atoms with E-state index >= 15 is 0 Å². The van der Waals surface area contributed by atoms with Gasteiger partial charge in [0.2, 0.25) is 0 Å². The summed E-state index contributed by atoms with van der Waals surface area (Å²) in [6.45, 7) is 4.62. The minimum absolute atomic E-state index is 0.108. The number of ketones is 1. The molecule has 1 aromatic rings. The van der Waals surface area contributed by atoms with E-state index in [0.717, 1.165) is 50.8 Å². The van der Waals surface area contributed by atoms with Gasteiger partial charge < -0.3 is 5.32 Å². The van der Waals surface area contributed by atoms with Crippen LogP contribution < -0.4 is 5.32 Å². The molecule has 1 heterocycles. The maximum atomic E-state index is 12.3. The Morgan fingerprint density at radius 1 is 1.32 bits per heavy atom. The number of allylic oxidation sites excluding steroid dienone is 1. The van der Waals surface area contributed by atoms with Crippen LogP contribution in [-0.2, 0) is 4.79 Å². The first-order chi connectivity index (χ1) is 9.33. The number of rotatable bonds is 7. The quantitative estimate of drug-likeness (QED) is 0.583. The molecule has 2 nitrogen and oxygen atoms in total. The summed E-state index contributed by atoms with van der Waals surface area (Å²) in [4.78, 5) is 12.3. The number of hydrogen-bond donors (Lipinski definition) is 1. The average Bonchev–Trinajstić information content (AvgIpc) is 2.46. The van der Waals surface area contributed by atoms with Crippen LogP contribution in [0.4, 0.5) is 5.69 Å². The van der Waals surface area contributed by atoms with Gasteiger partial charge in [-0.15, -0.1) is 6.58 Å². The van der Waals surface area contributed by atoms with E-state index in [0.29, 0.717) is 5.78 Å². The monoisotopic (exact) mass is 257 g/mol. The van der Waals surface area contributed by atoms with Gasteiger partial charge in [0.15, 0.2) is 0 Å². The number of fused-ring (bicyclic) bond motifs is 1. The molecular formula is C17H23NO. The molecule has 0 saturated heterocycles. The van der Waals surface area contributed by atoms with E-state index in [1.165, 1.54) is 5.56 Å². The van der Waals surface area contributed by atoms with Crippen LogP contribution >= 0.6 is 0 Å². The minimum Gasteiger partial charge on any atom is -0.385 e. The molecule has 0 bridgehead atoms. The Balaban J connectivity index is 1.88. The summed E-state index contributed by atoms with van der Waals surface area (Å²) >= 11 is 0. The van der Waals surface area contributed by atoms with Gasteiger partial charge in [0.05, 0.1) is 0 Å². The molecule has 2 heteroatoms. The number of para-hydroxylation sites is 1. The minimum atomic E-state index is 0.108. The van der Waals surface area contributed by atoms with Crippen LogP contribution in [0.5, 0.6) is 0 Å². The molecule has 1 unspecified atom stereocenters. The summed E-state index contributed by atoms with van der Waals surface area (Å²) in [6, 6.07) is 8.20. The van der Waals surface area contributed by atoms with Crippen molar-refractivity contribution in [2.24, 2.45) is 0 Å². The van der Waals surface area contributed by atoms with E-state index in [1.807, 2.05) is 18.2 Å². The zero-order valence-corrected chi connectivity index (χ0v) is 11.5. The van der Waals surface area contributed by atoms with Crippen molar-refractivity contribution in [3.05, 3.63) is 42.5 Å². The smallest absolute Gasteiger partial charge is 0.140 e. The zero-order chi connectivity index (χ0) is 13.5. The van der Waals surface area contributed by atoms with E-state index in [1.54, 1.807) is 0 Å². The molecule has 0 fully saturated rings. The van der Waals surface area contributed by atoms with Crippen molar-refractivity contribution < 1.29 is 4.79 Å². The van der Waals surface area contributed by atoms with Crippen LogP contribution in [0, 0.1) is 0 Å². The second-order valence-corrected chi connectivity index (χ2v) is 5.21. The van der Waals surface area contributed by atoms with Gasteiger partial charge in [-0.05, 0) is 37.3 Å². The third-order valence-electron chi connectivity index (χ3n) is 3.80. The fourth-order valence-electron chi connectivity index (χ4n) is 2.74. The lowest BCUT2D eigenvalue weighted by Gasteiger charge is -2.25. The number of anilines is 1. The molecule has 102 valence electrons. The van der Waals surface area contributed by atoms with E-state index < -0.39 is 0 Å². The summed E-state index contributed by atoms with van der Waals surface area (Å²) in [5, 5.41) is 3.37. The van der Waals surface area contributed by atoms with Crippen molar-refractivity contribution >= 4 is 11.5 Å². The number of hydrogen-bond acceptors (Lipinski definition) is 2. The fraction of sp³-hybridized carbons (Fsp3) is 0.471. The third-order valence-corrected chi connectivity index (χ3v) is 3.80. The van der Waals surface area contributed by atoms with E-state index in [9.17, 15) is 4.79 Å². The average molecular weight is 257 g/mol. The van der Waals surface area contributed by atoms with Gasteiger partial charge in [0, 0.05) is 24.6 Å². The first-order valence-corrected chi connectivity index (χ1v) is 7.29. The molecule has 0 saturated carbocycles. The molecule has 0 amide bonds. The van der Waals surface area contributed by atoms with Crippen molar-refractivity contribution in [2.45, 2.75) is 44.4 Å². The number of benzene rings is 1. The van der Waals surface area contributed by atoms with E-state index in [4.69, 9.17) is 0 Å². The molecule has 1 aromatic carbocycles. The van der Waals surface area contributed by atoms with Crippen molar-refractivity contribution in [2.75, 3.05) is 11.9 Å².